The van der Waals surface area contributed by atoms with Crippen LogP contribution in [0.1, 0.15) is 12.5 Å². The molecule has 30 heavy (non-hydrogen) atoms. The van der Waals surface area contributed by atoms with E-state index in [4.69, 9.17) is 0 Å². The summed E-state index contributed by atoms with van der Waals surface area (Å²) >= 11 is 1.30. The fourth-order valence-corrected chi connectivity index (χ4v) is 4.12. The van der Waals surface area contributed by atoms with E-state index in [1.165, 1.54) is 16.3 Å². The lowest BCUT2D eigenvalue weighted by Gasteiger charge is -2.13. The molecule has 0 aliphatic rings. The van der Waals surface area contributed by atoms with Crippen LogP contribution in [0.5, 0.6) is 0 Å². The summed E-state index contributed by atoms with van der Waals surface area (Å²) in [6.45, 7) is 7.82. The SMILES string of the molecule is C=CCn1c(=O)c2ccccc2n2c(SC(C)C(=O)Nc3ccccc3C)nnc12. The number of carbonyl (C=O) groups excluding carboxylic acids is 1. The van der Waals surface area contributed by atoms with Gasteiger partial charge in [0.15, 0.2) is 5.16 Å². The number of thioether (sulfide) groups is 1. The van der Waals surface area contributed by atoms with Crippen LogP contribution in [0.2, 0.25) is 0 Å². The van der Waals surface area contributed by atoms with E-state index in [1.54, 1.807) is 12.1 Å². The van der Waals surface area contributed by atoms with E-state index in [9.17, 15) is 9.59 Å². The van der Waals surface area contributed by atoms with Gasteiger partial charge in [0.25, 0.3) is 5.56 Å². The highest BCUT2D eigenvalue weighted by molar-refractivity contribution is 8.00. The van der Waals surface area contributed by atoms with Crippen molar-refractivity contribution < 1.29 is 4.79 Å². The Hall–Kier alpha value is -3.39. The van der Waals surface area contributed by atoms with Crippen molar-refractivity contribution in [2.45, 2.75) is 30.8 Å². The Morgan fingerprint density at radius 2 is 1.93 bits per heavy atom. The molecule has 0 spiro atoms. The van der Waals surface area contributed by atoms with Crippen molar-refractivity contribution in [2.24, 2.45) is 0 Å². The average molecular weight is 420 g/mol. The summed E-state index contributed by atoms with van der Waals surface area (Å²) in [5.41, 5.74) is 2.34. The molecular formula is C22H21N5O2S. The maximum atomic E-state index is 12.9. The van der Waals surface area contributed by atoms with E-state index in [-0.39, 0.29) is 11.5 Å². The van der Waals surface area contributed by atoms with Crippen LogP contribution in [0.15, 0.2) is 71.1 Å². The van der Waals surface area contributed by atoms with Gasteiger partial charge in [-0.1, -0.05) is 48.2 Å². The first-order valence-electron chi connectivity index (χ1n) is 9.52. The summed E-state index contributed by atoms with van der Waals surface area (Å²) in [6, 6.07) is 15.0. The Kier molecular flexibility index (Phi) is 5.41. The third-order valence-electron chi connectivity index (χ3n) is 4.84. The first-order chi connectivity index (χ1) is 14.5. The van der Waals surface area contributed by atoms with Crippen molar-refractivity contribution in [3.63, 3.8) is 0 Å². The molecule has 2 heterocycles. The summed E-state index contributed by atoms with van der Waals surface area (Å²) < 4.78 is 3.35. The number of hydrogen-bond donors (Lipinski definition) is 1. The topological polar surface area (TPSA) is 81.3 Å². The van der Waals surface area contributed by atoms with Gasteiger partial charge in [0.05, 0.1) is 16.2 Å². The molecule has 152 valence electrons. The van der Waals surface area contributed by atoms with Gasteiger partial charge in [-0.3, -0.25) is 18.6 Å². The number of benzene rings is 2. The first kappa shape index (κ1) is 19.9. The van der Waals surface area contributed by atoms with Crippen LogP contribution >= 0.6 is 11.8 Å². The summed E-state index contributed by atoms with van der Waals surface area (Å²) in [7, 11) is 0. The molecular weight excluding hydrogens is 398 g/mol. The number of carbonyl (C=O) groups is 1. The zero-order valence-electron chi connectivity index (χ0n) is 16.7. The van der Waals surface area contributed by atoms with Crippen LogP contribution in [-0.4, -0.2) is 30.3 Å². The minimum Gasteiger partial charge on any atom is -0.325 e. The lowest BCUT2D eigenvalue weighted by molar-refractivity contribution is -0.115. The molecule has 2 aromatic heterocycles. The van der Waals surface area contributed by atoms with Gasteiger partial charge in [0, 0.05) is 12.2 Å². The maximum absolute atomic E-state index is 12.9. The van der Waals surface area contributed by atoms with Crippen LogP contribution in [0.25, 0.3) is 16.7 Å². The van der Waals surface area contributed by atoms with Gasteiger partial charge in [-0.25, -0.2) is 0 Å². The number of allylic oxidation sites excluding steroid dienone is 1. The quantitative estimate of drug-likeness (QED) is 0.381. The van der Waals surface area contributed by atoms with Crippen molar-refractivity contribution in [3.8, 4) is 0 Å². The Morgan fingerprint density at radius 3 is 2.70 bits per heavy atom. The molecule has 1 amide bonds. The highest BCUT2D eigenvalue weighted by atomic mass is 32.2. The van der Waals surface area contributed by atoms with E-state index >= 15 is 0 Å². The largest absolute Gasteiger partial charge is 0.325 e. The van der Waals surface area contributed by atoms with Gasteiger partial charge in [-0.2, -0.15) is 0 Å². The lowest BCUT2D eigenvalue weighted by atomic mass is 10.2. The number of para-hydroxylation sites is 2. The number of nitrogens with zero attached hydrogens (tertiary/aromatic N) is 4. The van der Waals surface area contributed by atoms with Gasteiger partial charge in [0.2, 0.25) is 11.7 Å². The van der Waals surface area contributed by atoms with Crippen molar-refractivity contribution in [1.29, 1.82) is 0 Å². The van der Waals surface area contributed by atoms with Crippen LogP contribution in [-0.2, 0) is 11.3 Å². The highest BCUT2D eigenvalue weighted by Crippen LogP contribution is 2.26. The monoisotopic (exact) mass is 419 g/mol. The molecule has 4 aromatic rings. The Labute approximate surface area is 177 Å². The molecule has 0 fully saturated rings. The molecule has 1 N–H and O–H groups in total. The Morgan fingerprint density at radius 1 is 1.20 bits per heavy atom. The van der Waals surface area contributed by atoms with Crippen LogP contribution in [0, 0.1) is 6.92 Å². The first-order valence-corrected chi connectivity index (χ1v) is 10.4. The van der Waals surface area contributed by atoms with E-state index in [0.717, 1.165) is 11.3 Å². The number of hydrogen-bond acceptors (Lipinski definition) is 5. The summed E-state index contributed by atoms with van der Waals surface area (Å²) in [4.78, 5) is 25.6. The molecule has 0 saturated heterocycles. The smallest absolute Gasteiger partial charge is 0.263 e. The van der Waals surface area contributed by atoms with E-state index < -0.39 is 5.25 Å². The molecule has 8 heteroatoms. The average Bonchev–Trinajstić information content (AvgIpc) is 3.16. The minimum absolute atomic E-state index is 0.130. The highest BCUT2D eigenvalue weighted by Gasteiger charge is 2.21. The van der Waals surface area contributed by atoms with E-state index in [1.807, 2.05) is 60.7 Å². The second-order valence-corrected chi connectivity index (χ2v) is 8.21. The molecule has 4 rings (SSSR count). The normalized spacial score (nSPS) is 12.2. The molecule has 7 nitrogen and oxygen atoms in total. The minimum atomic E-state index is -0.421. The maximum Gasteiger partial charge on any atom is 0.263 e. The molecule has 0 radical (unpaired) electrons. The predicted molar refractivity (Wildman–Crippen MR) is 120 cm³/mol. The van der Waals surface area contributed by atoms with Gasteiger partial charge in [-0.05, 0) is 37.6 Å². The summed E-state index contributed by atoms with van der Waals surface area (Å²) in [5.74, 6) is 0.294. The van der Waals surface area contributed by atoms with Gasteiger partial charge in [-0.15, -0.1) is 16.8 Å². The molecule has 0 bridgehead atoms. The number of amides is 1. The number of nitrogens with one attached hydrogen (secondary N) is 1. The molecule has 1 atom stereocenters. The van der Waals surface area contributed by atoms with Crippen molar-refractivity contribution >= 4 is 40.0 Å². The Bertz CT molecular complexity index is 1320. The van der Waals surface area contributed by atoms with Crippen LogP contribution < -0.4 is 10.9 Å². The van der Waals surface area contributed by atoms with Crippen molar-refractivity contribution in [3.05, 3.63) is 77.1 Å². The van der Waals surface area contributed by atoms with E-state index in [2.05, 4.69) is 22.1 Å². The van der Waals surface area contributed by atoms with Gasteiger partial charge >= 0.3 is 0 Å². The van der Waals surface area contributed by atoms with Gasteiger partial charge < -0.3 is 5.32 Å². The second-order valence-electron chi connectivity index (χ2n) is 6.90. The molecule has 0 saturated carbocycles. The van der Waals surface area contributed by atoms with Crippen LogP contribution in [0.3, 0.4) is 0 Å². The fraction of sp³-hybridized carbons (Fsp3) is 0.182. The lowest BCUT2D eigenvalue weighted by Crippen LogP contribution is -2.24. The molecule has 1 unspecified atom stereocenters. The molecule has 0 aliphatic carbocycles. The third-order valence-corrected chi connectivity index (χ3v) is 5.89. The van der Waals surface area contributed by atoms with Crippen molar-refractivity contribution in [2.75, 3.05) is 5.32 Å². The van der Waals surface area contributed by atoms with E-state index in [0.29, 0.717) is 28.4 Å². The fourth-order valence-electron chi connectivity index (χ4n) is 3.26. The summed E-state index contributed by atoms with van der Waals surface area (Å²) in [5, 5.41) is 12.2. The standard InChI is InChI=1S/C22H21N5O2S/c1-4-13-26-20(29)16-10-6-8-12-18(16)27-21(26)24-25-22(27)30-15(3)19(28)23-17-11-7-5-9-14(17)2/h4-12,15H,1,13H2,2-3H3,(H,23,28). The molecule has 2 aromatic carbocycles. The number of fused-ring (bicyclic) bond motifs is 3. The zero-order valence-corrected chi connectivity index (χ0v) is 17.5. The molecule has 0 aliphatic heterocycles. The van der Waals surface area contributed by atoms with Gasteiger partial charge in [0.1, 0.15) is 0 Å². The predicted octanol–water partition coefficient (Wildman–Crippen LogP) is 3.66. The number of anilines is 1. The van der Waals surface area contributed by atoms with Crippen LogP contribution in [0.4, 0.5) is 5.69 Å². The number of aryl methyl sites for hydroxylation is 1. The third kappa shape index (κ3) is 3.50. The summed E-state index contributed by atoms with van der Waals surface area (Å²) in [6.07, 6.45) is 1.65. The number of rotatable bonds is 6. The Balaban J connectivity index is 1.73. The van der Waals surface area contributed by atoms with Crippen molar-refractivity contribution in [1.82, 2.24) is 19.2 Å². The number of aromatic nitrogens is 4. The second kappa shape index (κ2) is 8.16. The zero-order chi connectivity index (χ0) is 21.3.